The van der Waals surface area contributed by atoms with E-state index in [0.717, 1.165) is 17.3 Å². The number of nitrogens with one attached hydrogen (secondary N) is 1. The normalized spacial score (nSPS) is 23.4. The minimum absolute atomic E-state index is 0.411. The van der Waals surface area contributed by atoms with E-state index in [1.165, 1.54) is 49.9 Å². The molecule has 106 valence electrons. The van der Waals surface area contributed by atoms with Gasteiger partial charge in [0.05, 0.1) is 5.56 Å². The first-order chi connectivity index (χ1) is 9.19. The summed E-state index contributed by atoms with van der Waals surface area (Å²) < 4.78 is 0. The van der Waals surface area contributed by atoms with Crippen LogP contribution in [0.4, 0.5) is 0 Å². The summed E-state index contributed by atoms with van der Waals surface area (Å²) in [7, 11) is 0. The summed E-state index contributed by atoms with van der Waals surface area (Å²) in [4.78, 5) is 11.9. The van der Waals surface area contributed by atoms with Gasteiger partial charge in [-0.15, -0.1) is 11.3 Å². The Labute approximate surface area is 119 Å². The molecule has 0 unspecified atom stereocenters. The molecule has 1 saturated carbocycles. The lowest BCUT2D eigenvalue weighted by molar-refractivity contribution is 0.0697. The van der Waals surface area contributed by atoms with Crippen molar-refractivity contribution < 1.29 is 9.90 Å². The summed E-state index contributed by atoms with van der Waals surface area (Å²) in [6, 6.07) is 2.39. The Balaban J connectivity index is 1.72. The van der Waals surface area contributed by atoms with Crippen molar-refractivity contribution in [2.45, 2.75) is 58.0 Å². The van der Waals surface area contributed by atoms with Gasteiger partial charge in [-0.3, -0.25) is 0 Å². The molecule has 1 aromatic rings. The van der Waals surface area contributed by atoms with E-state index in [-0.39, 0.29) is 0 Å². The quantitative estimate of drug-likeness (QED) is 0.831. The Hall–Kier alpha value is -0.870. The van der Waals surface area contributed by atoms with Gasteiger partial charge in [-0.05, 0) is 37.7 Å². The van der Waals surface area contributed by atoms with Gasteiger partial charge in [0.2, 0.25) is 0 Å². The molecule has 2 N–H and O–H groups in total. The molecule has 0 saturated heterocycles. The van der Waals surface area contributed by atoms with E-state index < -0.39 is 5.97 Å². The SMILES string of the molecule is CCCC1CCC(NCc2cc(C(=O)O)cs2)CC1. The van der Waals surface area contributed by atoms with Gasteiger partial charge in [0.1, 0.15) is 0 Å². The molecule has 1 fully saturated rings. The van der Waals surface area contributed by atoms with Gasteiger partial charge < -0.3 is 10.4 Å². The second-order valence-corrected chi connectivity index (χ2v) is 6.49. The number of thiophene rings is 1. The van der Waals surface area contributed by atoms with Crippen LogP contribution in [0.1, 0.15) is 60.7 Å². The lowest BCUT2D eigenvalue weighted by Crippen LogP contribution is -2.32. The number of carboxylic acids is 1. The lowest BCUT2D eigenvalue weighted by Gasteiger charge is -2.28. The third-order valence-corrected chi connectivity index (χ3v) is 4.95. The van der Waals surface area contributed by atoms with E-state index >= 15 is 0 Å². The summed E-state index contributed by atoms with van der Waals surface area (Å²) in [6.45, 7) is 3.07. The Morgan fingerprint density at radius 2 is 2.16 bits per heavy atom. The molecule has 0 aliphatic heterocycles. The van der Waals surface area contributed by atoms with Crippen molar-refractivity contribution in [3.8, 4) is 0 Å². The van der Waals surface area contributed by atoms with Crippen molar-refractivity contribution in [3.05, 3.63) is 21.9 Å². The molecule has 0 radical (unpaired) electrons. The summed E-state index contributed by atoms with van der Waals surface area (Å²) >= 11 is 1.53. The number of carbonyl (C=O) groups is 1. The van der Waals surface area contributed by atoms with Gasteiger partial charge >= 0.3 is 5.97 Å². The van der Waals surface area contributed by atoms with Gasteiger partial charge in [0.25, 0.3) is 0 Å². The second kappa shape index (κ2) is 7.06. The molecule has 0 amide bonds. The van der Waals surface area contributed by atoms with Crippen LogP contribution >= 0.6 is 11.3 Å². The molecule has 2 rings (SSSR count). The standard InChI is InChI=1S/C15H23NO2S/c1-2-3-11-4-6-13(7-5-11)16-9-14-8-12(10-19-14)15(17)18/h8,10-11,13,16H,2-7,9H2,1H3,(H,17,18). The van der Waals surface area contributed by atoms with Crippen LogP contribution in [0.5, 0.6) is 0 Å². The zero-order chi connectivity index (χ0) is 13.7. The minimum atomic E-state index is -0.831. The second-order valence-electron chi connectivity index (χ2n) is 5.49. The lowest BCUT2D eigenvalue weighted by atomic mass is 9.83. The third kappa shape index (κ3) is 4.32. The van der Waals surface area contributed by atoms with Crippen molar-refractivity contribution in [2.24, 2.45) is 5.92 Å². The molecule has 0 atom stereocenters. The molecule has 1 aliphatic rings. The van der Waals surface area contributed by atoms with Crippen LogP contribution in [0.15, 0.2) is 11.4 Å². The van der Waals surface area contributed by atoms with E-state index in [1.807, 2.05) is 0 Å². The van der Waals surface area contributed by atoms with Crippen LogP contribution in [0.25, 0.3) is 0 Å². The minimum Gasteiger partial charge on any atom is -0.478 e. The fraction of sp³-hybridized carbons (Fsp3) is 0.667. The van der Waals surface area contributed by atoms with Crippen LogP contribution in [0, 0.1) is 5.92 Å². The topological polar surface area (TPSA) is 49.3 Å². The molecule has 0 aromatic carbocycles. The summed E-state index contributed by atoms with van der Waals surface area (Å²) in [5.41, 5.74) is 0.411. The number of hydrogen-bond donors (Lipinski definition) is 2. The molecule has 0 spiro atoms. The first kappa shape index (κ1) is 14.5. The van der Waals surface area contributed by atoms with Crippen LogP contribution < -0.4 is 5.32 Å². The number of hydrogen-bond acceptors (Lipinski definition) is 3. The highest BCUT2D eigenvalue weighted by molar-refractivity contribution is 7.10. The molecule has 4 heteroatoms. The zero-order valence-corrected chi connectivity index (χ0v) is 12.3. The first-order valence-corrected chi connectivity index (χ1v) is 8.11. The molecule has 0 bridgehead atoms. The highest BCUT2D eigenvalue weighted by atomic mass is 32.1. The first-order valence-electron chi connectivity index (χ1n) is 7.23. The van der Waals surface area contributed by atoms with Crippen molar-refractivity contribution in [3.63, 3.8) is 0 Å². The fourth-order valence-corrected chi connectivity index (χ4v) is 3.70. The van der Waals surface area contributed by atoms with Gasteiger partial charge in [-0.1, -0.05) is 19.8 Å². The van der Waals surface area contributed by atoms with Gasteiger partial charge in [-0.2, -0.15) is 0 Å². The monoisotopic (exact) mass is 281 g/mol. The van der Waals surface area contributed by atoms with Crippen molar-refractivity contribution in [1.82, 2.24) is 5.32 Å². The van der Waals surface area contributed by atoms with E-state index in [0.29, 0.717) is 11.6 Å². The third-order valence-electron chi connectivity index (χ3n) is 4.01. The predicted octanol–water partition coefficient (Wildman–Crippen LogP) is 3.89. The molecule has 3 nitrogen and oxygen atoms in total. The van der Waals surface area contributed by atoms with Crippen LogP contribution in [0.3, 0.4) is 0 Å². The molecule has 1 aromatic heterocycles. The summed E-state index contributed by atoms with van der Waals surface area (Å²) in [5, 5.41) is 14.2. The number of aromatic carboxylic acids is 1. The maximum absolute atomic E-state index is 10.8. The fourth-order valence-electron chi connectivity index (χ4n) is 2.89. The van der Waals surface area contributed by atoms with Crippen LogP contribution in [-0.2, 0) is 6.54 Å². The summed E-state index contributed by atoms with van der Waals surface area (Å²) in [6.07, 6.45) is 7.89. The van der Waals surface area contributed by atoms with E-state index in [9.17, 15) is 4.79 Å². The van der Waals surface area contributed by atoms with Crippen molar-refractivity contribution >= 4 is 17.3 Å². The van der Waals surface area contributed by atoms with Crippen LogP contribution in [-0.4, -0.2) is 17.1 Å². The molecule has 1 heterocycles. The van der Waals surface area contributed by atoms with E-state index in [2.05, 4.69) is 12.2 Å². The zero-order valence-electron chi connectivity index (χ0n) is 11.5. The van der Waals surface area contributed by atoms with E-state index in [1.54, 1.807) is 11.4 Å². The highest BCUT2D eigenvalue weighted by Gasteiger charge is 2.20. The van der Waals surface area contributed by atoms with Crippen molar-refractivity contribution in [1.29, 1.82) is 0 Å². The summed E-state index contributed by atoms with van der Waals surface area (Å²) in [5.74, 6) is 0.103. The van der Waals surface area contributed by atoms with Crippen molar-refractivity contribution in [2.75, 3.05) is 0 Å². The Morgan fingerprint density at radius 1 is 1.42 bits per heavy atom. The Morgan fingerprint density at radius 3 is 2.74 bits per heavy atom. The smallest absolute Gasteiger partial charge is 0.336 e. The molecular formula is C15H23NO2S. The average molecular weight is 281 g/mol. The van der Waals surface area contributed by atoms with E-state index in [4.69, 9.17) is 5.11 Å². The molecular weight excluding hydrogens is 258 g/mol. The largest absolute Gasteiger partial charge is 0.478 e. The predicted molar refractivity (Wildman–Crippen MR) is 78.8 cm³/mol. The van der Waals surface area contributed by atoms with Gasteiger partial charge in [0.15, 0.2) is 0 Å². The molecule has 1 aliphatic carbocycles. The van der Waals surface area contributed by atoms with Crippen LogP contribution in [0.2, 0.25) is 0 Å². The highest BCUT2D eigenvalue weighted by Crippen LogP contribution is 2.28. The number of rotatable bonds is 6. The Kier molecular flexibility index (Phi) is 5.40. The maximum Gasteiger partial charge on any atom is 0.336 e. The Bertz CT molecular complexity index is 408. The van der Waals surface area contributed by atoms with Gasteiger partial charge in [0, 0.05) is 22.8 Å². The molecule has 19 heavy (non-hydrogen) atoms. The maximum atomic E-state index is 10.8. The average Bonchev–Trinajstić information content (AvgIpc) is 2.87. The number of carboxylic acid groups (broad SMARTS) is 1. The van der Waals surface area contributed by atoms with Gasteiger partial charge in [-0.25, -0.2) is 4.79 Å².